The Balaban J connectivity index is 1.92. The van der Waals surface area contributed by atoms with Crippen molar-refractivity contribution in [3.8, 4) is 0 Å². The highest BCUT2D eigenvalue weighted by atomic mass is 19.4. The summed E-state index contributed by atoms with van der Waals surface area (Å²) in [5.41, 5.74) is -0.114. The second kappa shape index (κ2) is 6.15. The maximum absolute atomic E-state index is 12.4. The summed E-state index contributed by atoms with van der Waals surface area (Å²) in [5.74, 6) is 1.47. The summed E-state index contributed by atoms with van der Waals surface area (Å²) in [7, 11) is 0. The third kappa shape index (κ3) is 4.47. The fraction of sp³-hybridized carbons (Fsp3) is 0.429. The maximum atomic E-state index is 12.4. The van der Waals surface area contributed by atoms with E-state index in [2.05, 4.69) is 29.3 Å². The molecular weight excluding hydrogens is 283 g/mol. The van der Waals surface area contributed by atoms with Crippen LogP contribution in [0.4, 0.5) is 18.9 Å². The van der Waals surface area contributed by atoms with E-state index in [1.54, 1.807) is 0 Å². The van der Waals surface area contributed by atoms with Gasteiger partial charge in [0.25, 0.3) is 0 Å². The van der Waals surface area contributed by atoms with Gasteiger partial charge >= 0.3 is 6.18 Å². The van der Waals surface area contributed by atoms with Crippen LogP contribution in [0.25, 0.3) is 0 Å². The Hall–Kier alpha value is -2.05. The second-order valence-corrected chi connectivity index (χ2v) is 5.13. The Kier molecular flexibility index (Phi) is 4.50. The van der Waals surface area contributed by atoms with Gasteiger partial charge in [0.2, 0.25) is 5.89 Å². The van der Waals surface area contributed by atoms with Crippen molar-refractivity contribution in [1.29, 1.82) is 0 Å². The van der Waals surface area contributed by atoms with Crippen molar-refractivity contribution < 1.29 is 17.7 Å². The van der Waals surface area contributed by atoms with Crippen LogP contribution < -0.4 is 5.32 Å². The monoisotopic (exact) mass is 299 g/mol. The zero-order chi connectivity index (χ0) is 15.5. The highest BCUT2D eigenvalue weighted by molar-refractivity contribution is 5.45. The second-order valence-electron chi connectivity index (χ2n) is 5.13. The number of alkyl halides is 3. The van der Waals surface area contributed by atoms with Crippen LogP contribution in [0, 0.1) is 5.92 Å². The fourth-order valence-electron chi connectivity index (χ4n) is 1.76. The number of rotatable bonds is 5. The van der Waals surface area contributed by atoms with Crippen molar-refractivity contribution in [1.82, 2.24) is 10.1 Å². The Morgan fingerprint density at radius 1 is 1.19 bits per heavy atom. The SMILES string of the molecule is CC(C)Cc1noc(CNc2ccc(C(F)(F)F)cc2)n1. The molecule has 1 aromatic heterocycles. The highest BCUT2D eigenvalue weighted by Crippen LogP contribution is 2.29. The Bertz CT molecular complexity index is 576. The van der Waals surface area contributed by atoms with Gasteiger partial charge in [-0.05, 0) is 30.2 Å². The Labute approximate surface area is 120 Å². The molecule has 0 spiro atoms. The number of hydrogen-bond acceptors (Lipinski definition) is 4. The molecule has 1 N–H and O–H groups in total. The van der Waals surface area contributed by atoms with Crippen LogP contribution in [0.3, 0.4) is 0 Å². The molecule has 4 nitrogen and oxygen atoms in total. The molecule has 2 aromatic rings. The number of nitrogens with zero attached hydrogens (tertiary/aromatic N) is 2. The largest absolute Gasteiger partial charge is 0.416 e. The number of anilines is 1. The molecule has 0 aliphatic heterocycles. The van der Waals surface area contributed by atoms with Crippen LogP contribution in [0.5, 0.6) is 0 Å². The summed E-state index contributed by atoms with van der Waals surface area (Å²) in [5, 5.41) is 6.78. The van der Waals surface area contributed by atoms with Crippen LogP contribution >= 0.6 is 0 Å². The number of aromatic nitrogens is 2. The molecule has 114 valence electrons. The first kappa shape index (κ1) is 15.3. The van der Waals surface area contributed by atoms with Gasteiger partial charge in [0.15, 0.2) is 5.82 Å². The third-order valence-electron chi connectivity index (χ3n) is 2.76. The molecule has 0 bridgehead atoms. The lowest BCUT2D eigenvalue weighted by Crippen LogP contribution is -2.05. The molecule has 1 heterocycles. The summed E-state index contributed by atoms with van der Waals surface area (Å²) in [4.78, 5) is 4.20. The minimum atomic E-state index is -4.32. The van der Waals surface area contributed by atoms with E-state index in [1.807, 2.05) is 0 Å². The average molecular weight is 299 g/mol. The first-order valence-corrected chi connectivity index (χ1v) is 6.57. The molecule has 0 saturated heterocycles. The van der Waals surface area contributed by atoms with Gasteiger partial charge in [-0.15, -0.1) is 0 Å². The van der Waals surface area contributed by atoms with Crippen LogP contribution in [0.2, 0.25) is 0 Å². The van der Waals surface area contributed by atoms with Gasteiger partial charge in [-0.2, -0.15) is 18.2 Å². The van der Waals surface area contributed by atoms with E-state index in [1.165, 1.54) is 12.1 Å². The topological polar surface area (TPSA) is 51.0 Å². The number of halogens is 3. The molecule has 21 heavy (non-hydrogen) atoms. The van der Waals surface area contributed by atoms with Gasteiger partial charge in [-0.3, -0.25) is 0 Å². The quantitative estimate of drug-likeness (QED) is 0.909. The Morgan fingerprint density at radius 3 is 2.43 bits per heavy atom. The molecule has 0 amide bonds. The van der Waals surface area contributed by atoms with Crippen LogP contribution in [0.1, 0.15) is 31.1 Å². The van der Waals surface area contributed by atoms with Crippen molar-refractivity contribution in [3.05, 3.63) is 41.5 Å². The van der Waals surface area contributed by atoms with Gasteiger partial charge in [-0.1, -0.05) is 19.0 Å². The van der Waals surface area contributed by atoms with E-state index in [-0.39, 0.29) is 6.54 Å². The van der Waals surface area contributed by atoms with E-state index < -0.39 is 11.7 Å². The van der Waals surface area contributed by atoms with Crippen molar-refractivity contribution in [3.63, 3.8) is 0 Å². The number of benzene rings is 1. The third-order valence-corrected chi connectivity index (χ3v) is 2.76. The standard InChI is InChI=1S/C14H16F3N3O/c1-9(2)7-12-19-13(21-20-12)8-18-11-5-3-10(4-6-11)14(15,16)17/h3-6,9,18H,7-8H2,1-2H3. The normalized spacial score (nSPS) is 11.9. The number of nitrogens with one attached hydrogen (secondary N) is 1. The first-order chi connectivity index (χ1) is 9.84. The Morgan fingerprint density at radius 2 is 1.86 bits per heavy atom. The highest BCUT2D eigenvalue weighted by Gasteiger charge is 2.29. The average Bonchev–Trinajstić information content (AvgIpc) is 2.82. The van der Waals surface area contributed by atoms with Crippen LogP contribution in [0.15, 0.2) is 28.8 Å². The van der Waals surface area contributed by atoms with Gasteiger partial charge in [0.05, 0.1) is 12.1 Å². The lowest BCUT2D eigenvalue weighted by molar-refractivity contribution is -0.137. The predicted octanol–water partition coefficient (Wildman–Crippen LogP) is 3.90. The maximum Gasteiger partial charge on any atom is 0.416 e. The van der Waals surface area contributed by atoms with Gasteiger partial charge in [0.1, 0.15) is 0 Å². The minimum Gasteiger partial charge on any atom is -0.376 e. The summed E-state index contributed by atoms with van der Waals surface area (Å²) in [6, 6.07) is 4.79. The van der Waals surface area contributed by atoms with Gasteiger partial charge in [0, 0.05) is 12.1 Å². The molecule has 0 unspecified atom stereocenters. The van der Waals surface area contributed by atoms with E-state index >= 15 is 0 Å². The van der Waals surface area contributed by atoms with Crippen LogP contribution in [-0.4, -0.2) is 10.1 Å². The van der Waals surface area contributed by atoms with Crippen molar-refractivity contribution in [2.75, 3.05) is 5.32 Å². The smallest absolute Gasteiger partial charge is 0.376 e. The fourth-order valence-corrected chi connectivity index (χ4v) is 1.76. The molecule has 1 aromatic carbocycles. The van der Waals surface area contributed by atoms with E-state index in [0.29, 0.717) is 23.3 Å². The van der Waals surface area contributed by atoms with Crippen molar-refractivity contribution in [2.45, 2.75) is 33.0 Å². The van der Waals surface area contributed by atoms with Crippen LogP contribution in [-0.2, 0) is 19.1 Å². The summed E-state index contributed by atoms with van der Waals surface area (Å²) in [6.07, 6.45) is -3.60. The molecule has 2 rings (SSSR count). The van der Waals surface area contributed by atoms with Gasteiger partial charge in [-0.25, -0.2) is 0 Å². The first-order valence-electron chi connectivity index (χ1n) is 6.57. The van der Waals surface area contributed by atoms with E-state index in [4.69, 9.17) is 4.52 Å². The molecule has 0 radical (unpaired) electrons. The van der Waals surface area contributed by atoms with E-state index in [9.17, 15) is 13.2 Å². The molecule has 0 fully saturated rings. The summed E-state index contributed by atoms with van der Waals surface area (Å²) >= 11 is 0. The minimum absolute atomic E-state index is 0.274. The number of hydrogen-bond donors (Lipinski definition) is 1. The lowest BCUT2D eigenvalue weighted by atomic mass is 10.1. The summed E-state index contributed by atoms with van der Waals surface area (Å²) in [6.45, 7) is 4.38. The molecule has 0 saturated carbocycles. The van der Waals surface area contributed by atoms with Crippen molar-refractivity contribution >= 4 is 5.69 Å². The predicted molar refractivity (Wildman–Crippen MR) is 71.6 cm³/mol. The summed E-state index contributed by atoms with van der Waals surface area (Å²) < 4.78 is 42.3. The van der Waals surface area contributed by atoms with E-state index in [0.717, 1.165) is 18.6 Å². The molecular formula is C14H16F3N3O. The van der Waals surface area contributed by atoms with Crippen molar-refractivity contribution in [2.24, 2.45) is 5.92 Å². The molecule has 7 heteroatoms. The zero-order valence-electron chi connectivity index (χ0n) is 11.7. The molecule has 0 aliphatic carbocycles. The van der Waals surface area contributed by atoms with Gasteiger partial charge < -0.3 is 9.84 Å². The zero-order valence-corrected chi connectivity index (χ0v) is 11.7. The molecule has 0 atom stereocenters. The molecule has 0 aliphatic rings. The lowest BCUT2D eigenvalue weighted by Gasteiger charge is -2.08.